The number of fused-ring (bicyclic) bond motifs is 1. The minimum absolute atomic E-state index is 0.0927. The predicted molar refractivity (Wildman–Crippen MR) is 109 cm³/mol. The summed E-state index contributed by atoms with van der Waals surface area (Å²) in [4.78, 5) is 27.5. The van der Waals surface area contributed by atoms with Crippen molar-refractivity contribution in [3.05, 3.63) is 29.3 Å². The van der Waals surface area contributed by atoms with E-state index in [1.165, 1.54) is 0 Å². The number of hydrogen-bond acceptors (Lipinski definition) is 5. The number of benzene rings is 1. The van der Waals surface area contributed by atoms with Crippen LogP contribution in [-0.2, 0) is 9.59 Å². The van der Waals surface area contributed by atoms with E-state index >= 15 is 0 Å². The molecule has 4 rings (SSSR count). The summed E-state index contributed by atoms with van der Waals surface area (Å²) in [7, 11) is 1.95. The Morgan fingerprint density at radius 2 is 1.93 bits per heavy atom. The number of nitrogens with one attached hydrogen (secondary N) is 4. The number of carbonyl (C=O) groups is 2. The molecule has 28 heavy (non-hydrogen) atoms. The maximum absolute atomic E-state index is 13.2. The van der Waals surface area contributed by atoms with Crippen molar-refractivity contribution in [2.24, 2.45) is 5.92 Å². The van der Waals surface area contributed by atoms with Gasteiger partial charge in [-0.2, -0.15) is 0 Å². The van der Waals surface area contributed by atoms with Crippen LogP contribution in [0.5, 0.6) is 0 Å². The normalized spacial score (nSPS) is 31.0. The van der Waals surface area contributed by atoms with Gasteiger partial charge in [-0.05, 0) is 55.9 Å². The third-order valence-electron chi connectivity index (χ3n) is 6.56. The van der Waals surface area contributed by atoms with Gasteiger partial charge in [0.25, 0.3) is 5.91 Å². The van der Waals surface area contributed by atoms with E-state index in [0.717, 1.165) is 49.3 Å². The quantitative estimate of drug-likeness (QED) is 0.618. The van der Waals surface area contributed by atoms with Crippen LogP contribution in [-0.4, -0.2) is 61.6 Å². The SMILES string of the molecule is Cc1ccc(NC(=O)C2NCCN2)cc1C1CC2CNC(C)CC2N(C)C1=O. The van der Waals surface area contributed by atoms with Crippen LogP contribution in [0.25, 0.3) is 0 Å². The van der Waals surface area contributed by atoms with Crippen LogP contribution in [0, 0.1) is 12.8 Å². The zero-order chi connectivity index (χ0) is 19.8. The monoisotopic (exact) mass is 385 g/mol. The second-order valence-electron chi connectivity index (χ2n) is 8.51. The van der Waals surface area contributed by atoms with Crippen molar-refractivity contribution in [3.63, 3.8) is 0 Å². The molecule has 2 amide bonds. The highest BCUT2D eigenvalue weighted by molar-refractivity contribution is 5.95. The van der Waals surface area contributed by atoms with Gasteiger partial charge >= 0.3 is 0 Å². The molecule has 0 saturated carbocycles. The van der Waals surface area contributed by atoms with Gasteiger partial charge < -0.3 is 15.5 Å². The van der Waals surface area contributed by atoms with E-state index in [-0.39, 0.29) is 23.9 Å². The van der Waals surface area contributed by atoms with Crippen LogP contribution in [0.1, 0.15) is 36.8 Å². The van der Waals surface area contributed by atoms with Crippen molar-refractivity contribution in [1.82, 2.24) is 20.9 Å². The summed E-state index contributed by atoms with van der Waals surface area (Å²) < 4.78 is 0. The van der Waals surface area contributed by atoms with E-state index < -0.39 is 0 Å². The molecule has 0 aromatic heterocycles. The summed E-state index contributed by atoms with van der Waals surface area (Å²) >= 11 is 0. The van der Waals surface area contributed by atoms with E-state index in [1.54, 1.807) is 0 Å². The van der Waals surface area contributed by atoms with Crippen LogP contribution in [0.15, 0.2) is 18.2 Å². The maximum Gasteiger partial charge on any atom is 0.256 e. The molecule has 152 valence electrons. The van der Waals surface area contributed by atoms with Gasteiger partial charge in [-0.25, -0.2) is 0 Å². The van der Waals surface area contributed by atoms with Gasteiger partial charge in [-0.3, -0.25) is 20.2 Å². The number of likely N-dealkylation sites (N-methyl/N-ethyl adjacent to an activating group) is 1. The topological polar surface area (TPSA) is 85.5 Å². The number of nitrogens with zero attached hydrogens (tertiary/aromatic N) is 1. The highest BCUT2D eigenvalue weighted by Crippen LogP contribution is 2.39. The summed E-state index contributed by atoms with van der Waals surface area (Å²) in [6, 6.07) is 6.67. The van der Waals surface area contributed by atoms with Gasteiger partial charge in [0.05, 0.1) is 5.92 Å². The molecule has 3 saturated heterocycles. The second-order valence-corrected chi connectivity index (χ2v) is 8.51. The van der Waals surface area contributed by atoms with Crippen molar-refractivity contribution >= 4 is 17.5 Å². The molecular formula is C21H31N5O2. The van der Waals surface area contributed by atoms with Crippen LogP contribution >= 0.6 is 0 Å². The van der Waals surface area contributed by atoms with Gasteiger partial charge in [-0.15, -0.1) is 0 Å². The van der Waals surface area contributed by atoms with Gasteiger partial charge in [0, 0.05) is 44.5 Å². The van der Waals surface area contributed by atoms with E-state index in [4.69, 9.17) is 0 Å². The van der Waals surface area contributed by atoms with Crippen molar-refractivity contribution in [2.45, 2.75) is 50.9 Å². The Morgan fingerprint density at radius 3 is 2.68 bits per heavy atom. The predicted octanol–water partition coefficient (Wildman–Crippen LogP) is 0.765. The standard InChI is InChI=1S/C21H31N5O2/c1-12-4-5-15(25-20(27)19-22-6-7-23-19)10-16(12)17-9-14-11-24-13(2)8-18(14)26(3)21(17)28/h4-5,10,13-14,17-19,22-24H,6-9,11H2,1-3H3,(H,25,27). The van der Waals surface area contributed by atoms with Gasteiger partial charge in [-0.1, -0.05) is 6.07 Å². The van der Waals surface area contributed by atoms with Crippen LogP contribution in [0.2, 0.25) is 0 Å². The number of carbonyl (C=O) groups excluding carboxylic acids is 2. The third-order valence-corrected chi connectivity index (χ3v) is 6.56. The molecule has 7 heteroatoms. The van der Waals surface area contributed by atoms with Crippen molar-refractivity contribution in [2.75, 3.05) is 32.0 Å². The van der Waals surface area contributed by atoms with E-state index in [0.29, 0.717) is 18.0 Å². The highest BCUT2D eigenvalue weighted by Gasteiger charge is 2.43. The number of rotatable bonds is 3. The van der Waals surface area contributed by atoms with Crippen LogP contribution in [0.3, 0.4) is 0 Å². The molecule has 0 aliphatic carbocycles. The Bertz CT molecular complexity index is 761. The van der Waals surface area contributed by atoms with Crippen molar-refractivity contribution in [3.8, 4) is 0 Å². The summed E-state index contributed by atoms with van der Waals surface area (Å²) in [5.41, 5.74) is 2.87. The number of anilines is 1. The molecule has 4 N–H and O–H groups in total. The van der Waals surface area contributed by atoms with E-state index in [9.17, 15) is 9.59 Å². The van der Waals surface area contributed by atoms with Crippen molar-refractivity contribution < 1.29 is 9.59 Å². The largest absolute Gasteiger partial charge is 0.342 e. The Morgan fingerprint density at radius 1 is 1.18 bits per heavy atom. The molecule has 0 bridgehead atoms. The van der Waals surface area contributed by atoms with Crippen molar-refractivity contribution in [1.29, 1.82) is 0 Å². The minimum Gasteiger partial charge on any atom is -0.342 e. The number of aryl methyl sites for hydroxylation is 1. The lowest BCUT2D eigenvalue weighted by Gasteiger charge is -2.47. The van der Waals surface area contributed by atoms with Gasteiger partial charge in [0.2, 0.25) is 5.91 Å². The first-order chi connectivity index (χ1) is 13.4. The summed E-state index contributed by atoms with van der Waals surface area (Å²) in [5, 5.41) is 12.8. The number of hydrogen-bond donors (Lipinski definition) is 4. The summed E-state index contributed by atoms with van der Waals surface area (Å²) in [5.74, 6) is 0.417. The Kier molecular flexibility index (Phi) is 5.40. The average molecular weight is 386 g/mol. The first-order valence-corrected chi connectivity index (χ1v) is 10.3. The summed E-state index contributed by atoms with van der Waals surface area (Å²) in [6.07, 6.45) is 1.51. The smallest absolute Gasteiger partial charge is 0.256 e. The molecule has 3 heterocycles. The third kappa shape index (κ3) is 3.66. The second kappa shape index (κ2) is 7.81. The average Bonchev–Trinajstić information content (AvgIpc) is 3.22. The fraction of sp³-hybridized carbons (Fsp3) is 0.619. The summed E-state index contributed by atoms with van der Waals surface area (Å²) in [6.45, 7) is 6.76. The fourth-order valence-corrected chi connectivity index (χ4v) is 4.91. The molecule has 0 spiro atoms. The Balaban J connectivity index is 1.54. The zero-order valence-corrected chi connectivity index (χ0v) is 16.9. The molecule has 1 aromatic carbocycles. The number of amides is 2. The molecule has 3 fully saturated rings. The first-order valence-electron chi connectivity index (χ1n) is 10.3. The maximum atomic E-state index is 13.2. The zero-order valence-electron chi connectivity index (χ0n) is 16.9. The lowest BCUT2D eigenvalue weighted by Crippen LogP contribution is -2.57. The highest BCUT2D eigenvalue weighted by atomic mass is 16.2. The Labute approximate surface area is 166 Å². The molecule has 0 radical (unpaired) electrons. The number of piperidine rings is 2. The molecule has 3 aliphatic rings. The minimum atomic E-state index is -0.358. The van der Waals surface area contributed by atoms with E-state index in [2.05, 4.69) is 28.2 Å². The molecule has 3 aliphatic heterocycles. The van der Waals surface area contributed by atoms with Crippen LogP contribution < -0.4 is 21.3 Å². The Hall–Kier alpha value is -1.96. The lowest BCUT2D eigenvalue weighted by atomic mass is 9.75. The molecule has 4 atom stereocenters. The number of likely N-dealkylation sites (tertiary alicyclic amines) is 1. The van der Waals surface area contributed by atoms with E-state index in [1.807, 2.05) is 37.1 Å². The molecule has 4 unspecified atom stereocenters. The van der Waals surface area contributed by atoms with Gasteiger partial charge in [0.1, 0.15) is 6.17 Å². The molecule has 1 aromatic rings. The van der Waals surface area contributed by atoms with Gasteiger partial charge in [0.15, 0.2) is 0 Å². The molecule has 7 nitrogen and oxygen atoms in total. The lowest BCUT2D eigenvalue weighted by molar-refractivity contribution is -0.140. The first kappa shape index (κ1) is 19.4. The fourth-order valence-electron chi connectivity index (χ4n) is 4.91. The van der Waals surface area contributed by atoms with Crippen LogP contribution in [0.4, 0.5) is 5.69 Å². The molecular weight excluding hydrogens is 354 g/mol.